The van der Waals surface area contributed by atoms with Crippen LogP contribution in [-0.4, -0.2) is 51.6 Å². The maximum absolute atomic E-state index is 12.7. The molecular formula is C18H17N5O5S. The quantitative estimate of drug-likeness (QED) is 0.461. The Hall–Kier alpha value is -3.47. The van der Waals surface area contributed by atoms with E-state index in [1.165, 1.54) is 28.0 Å². The predicted octanol–water partition coefficient (Wildman–Crippen LogP) is 1.82. The Bertz CT molecular complexity index is 1070. The van der Waals surface area contributed by atoms with Gasteiger partial charge >= 0.3 is 5.76 Å². The van der Waals surface area contributed by atoms with Crippen molar-refractivity contribution in [3.8, 4) is 10.7 Å². The number of benzene rings is 1. The van der Waals surface area contributed by atoms with Gasteiger partial charge in [0.1, 0.15) is 6.54 Å². The molecule has 1 fully saturated rings. The van der Waals surface area contributed by atoms with E-state index >= 15 is 0 Å². The molecule has 1 aliphatic rings. The van der Waals surface area contributed by atoms with Crippen LogP contribution in [0.4, 0.5) is 11.4 Å². The second kappa shape index (κ2) is 7.87. The molecule has 1 amide bonds. The van der Waals surface area contributed by atoms with E-state index < -0.39 is 10.7 Å². The number of nitro groups is 1. The molecule has 0 bridgehead atoms. The zero-order valence-corrected chi connectivity index (χ0v) is 16.1. The molecule has 10 nitrogen and oxygen atoms in total. The molecule has 1 aromatic carbocycles. The lowest BCUT2D eigenvalue weighted by atomic mass is 10.2. The Labute approximate surface area is 168 Å². The summed E-state index contributed by atoms with van der Waals surface area (Å²) < 4.78 is 5.99. The summed E-state index contributed by atoms with van der Waals surface area (Å²) in [6.07, 6.45) is 0. The standard InChI is InChI=1S/C18H17N5O5S/c24-16(12-22-17(19-28-18(22)25)15-2-1-11-29-15)21-9-7-20(8-10-21)13-3-5-14(6-4-13)23(26)27/h1-6,11H,7-10,12H2. The fourth-order valence-electron chi connectivity index (χ4n) is 3.23. The van der Waals surface area contributed by atoms with Gasteiger partial charge in [-0.3, -0.25) is 19.4 Å². The van der Waals surface area contributed by atoms with Gasteiger partial charge in [-0.05, 0) is 23.6 Å². The second-order valence-corrected chi connectivity index (χ2v) is 7.42. The van der Waals surface area contributed by atoms with Gasteiger partial charge in [-0.1, -0.05) is 11.2 Å². The summed E-state index contributed by atoms with van der Waals surface area (Å²) in [6.45, 7) is 2.04. The maximum Gasteiger partial charge on any atom is 0.442 e. The summed E-state index contributed by atoms with van der Waals surface area (Å²) in [5, 5.41) is 16.4. The zero-order chi connectivity index (χ0) is 20.4. The fraction of sp³-hybridized carbons (Fsp3) is 0.278. The van der Waals surface area contributed by atoms with Crippen LogP contribution in [0.15, 0.2) is 51.1 Å². The number of non-ortho nitro benzene ring substituents is 1. The highest BCUT2D eigenvalue weighted by Crippen LogP contribution is 2.23. The van der Waals surface area contributed by atoms with E-state index in [9.17, 15) is 19.7 Å². The number of aromatic nitrogens is 2. The van der Waals surface area contributed by atoms with Gasteiger partial charge in [0.25, 0.3) is 5.69 Å². The van der Waals surface area contributed by atoms with Gasteiger partial charge in [0.15, 0.2) is 5.82 Å². The van der Waals surface area contributed by atoms with Crippen LogP contribution in [0.5, 0.6) is 0 Å². The monoisotopic (exact) mass is 415 g/mol. The predicted molar refractivity (Wildman–Crippen MR) is 106 cm³/mol. The summed E-state index contributed by atoms with van der Waals surface area (Å²) in [4.78, 5) is 39.5. The van der Waals surface area contributed by atoms with Gasteiger partial charge in [-0.2, -0.15) is 0 Å². The number of carbonyl (C=O) groups excluding carboxylic acids is 1. The van der Waals surface area contributed by atoms with Gasteiger partial charge in [0.2, 0.25) is 5.91 Å². The van der Waals surface area contributed by atoms with Crippen LogP contribution in [0.3, 0.4) is 0 Å². The largest absolute Gasteiger partial charge is 0.442 e. The molecule has 4 rings (SSSR count). The van der Waals surface area contributed by atoms with Gasteiger partial charge in [-0.25, -0.2) is 9.36 Å². The third kappa shape index (κ3) is 3.90. The molecule has 0 aliphatic carbocycles. The number of amides is 1. The Kier molecular flexibility index (Phi) is 5.12. The molecule has 3 aromatic rings. The number of piperazine rings is 1. The highest BCUT2D eigenvalue weighted by molar-refractivity contribution is 7.13. The first-order valence-corrected chi connectivity index (χ1v) is 9.78. The molecule has 0 spiro atoms. The van der Waals surface area contributed by atoms with Crippen molar-refractivity contribution in [2.24, 2.45) is 0 Å². The molecule has 2 aromatic heterocycles. The lowest BCUT2D eigenvalue weighted by Crippen LogP contribution is -2.50. The molecule has 0 atom stereocenters. The highest BCUT2D eigenvalue weighted by Gasteiger charge is 2.24. The molecule has 1 aliphatic heterocycles. The Morgan fingerprint density at radius 1 is 1.17 bits per heavy atom. The Morgan fingerprint density at radius 2 is 1.90 bits per heavy atom. The van der Waals surface area contributed by atoms with Crippen LogP contribution in [-0.2, 0) is 11.3 Å². The normalized spacial score (nSPS) is 14.2. The van der Waals surface area contributed by atoms with Crippen molar-refractivity contribution < 1.29 is 14.2 Å². The summed E-state index contributed by atoms with van der Waals surface area (Å²) in [5.41, 5.74) is 0.918. The number of nitro benzene ring substituents is 1. The van der Waals surface area contributed by atoms with Crippen molar-refractivity contribution in [2.45, 2.75) is 6.54 Å². The average Bonchev–Trinajstić information content (AvgIpc) is 3.38. The first kappa shape index (κ1) is 18.9. The summed E-state index contributed by atoms with van der Waals surface area (Å²) in [5.74, 6) is -0.495. The van der Waals surface area contributed by atoms with Gasteiger partial charge < -0.3 is 9.80 Å². The van der Waals surface area contributed by atoms with E-state index in [-0.39, 0.29) is 18.1 Å². The van der Waals surface area contributed by atoms with Crippen molar-refractivity contribution in [2.75, 3.05) is 31.1 Å². The lowest BCUT2D eigenvalue weighted by Gasteiger charge is -2.36. The summed E-state index contributed by atoms with van der Waals surface area (Å²) in [6, 6.07) is 10.0. The third-order valence-electron chi connectivity index (χ3n) is 4.78. The highest BCUT2D eigenvalue weighted by atomic mass is 32.1. The number of carbonyl (C=O) groups is 1. The first-order chi connectivity index (χ1) is 14.0. The van der Waals surface area contributed by atoms with Crippen LogP contribution in [0.2, 0.25) is 0 Å². The van der Waals surface area contributed by atoms with Crippen molar-refractivity contribution in [3.05, 3.63) is 62.4 Å². The molecule has 150 valence electrons. The van der Waals surface area contributed by atoms with Crippen molar-refractivity contribution >= 4 is 28.6 Å². The first-order valence-electron chi connectivity index (χ1n) is 8.90. The minimum Gasteiger partial charge on any atom is -0.368 e. The number of hydrogen-bond acceptors (Lipinski definition) is 8. The smallest absolute Gasteiger partial charge is 0.368 e. The average molecular weight is 415 g/mol. The van der Waals surface area contributed by atoms with Crippen LogP contribution in [0.25, 0.3) is 10.7 Å². The number of hydrogen-bond donors (Lipinski definition) is 0. The minimum atomic E-state index is -0.661. The van der Waals surface area contributed by atoms with Gasteiger partial charge in [0.05, 0.1) is 9.80 Å². The number of nitrogens with zero attached hydrogens (tertiary/aromatic N) is 5. The van der Waals surface area contributed by atoms with Crippen molar-refractivity contribution in [1.82, 2.24) is 14.6 Å². The van der Waals surface area contributed by atoms with E-state index in [0.717, 1.165) is 10.6 Å². The van der Waals surface area contributed by atoms with E-state index in [4.69, 9.17) is 4.52 Å². The van der Waals surface area contributed by atoms with Crippen LogP contribution >= 0.6 is 11.3 Å². The van der Waals surface area contributed by atoms with Gasteiger partial charge in [-0.15, -0.1) is 11.3 Å². The van der Waals surface area contributed by atoms with Crippen molar-refractivity contribution in [1.29, 1.82) is 0 Å². The van der Waals surface area contributed by atoms with E-state index in [1.54, 1.807) is 17.0 Å². The number of anilines is 1. The molecule has 3 heterocycles. The van der Waals surface area contributed by atoms with E-state index in [1.807, 2.05) is 17.5 Å². The molecule has 1 saturated heterocycles. The fourth-order valence-corrected chi connectivity index (χ4v) is 3.94. The molecule has 29 heavy (non-hydrogen) atoms. The minimum absolute atomic E-state index is 0.0447. The SMILES string of the molecule is O=C(Cn1c(-c2cccs2)noc1=O)N1CCN(c2ccc([N+](=O)[O-])cc2)CC1. The lowest BCUT2D eigenvalue weighted by molar-refractivity contribution is -0.384. The van der Waals surface area contributed by atoms with Crippen LogP contribution in [0.1, 0.15) is 0 Å². The molecule has 0 unspecified atom stereocenters. The second-order valence-electron chi connectivity index (χ2n) is 6.48. The van der Waals surface area contributed by atoms with E-state index in [0.29, 0.717) is 32.0 Å². The van der Waals surface area contributed by atoms with Crippen LogP contribution < -0.4 is 10.7 Å². The molecule has 0 saturated carbocycles. The third-order valence-corrected chi connectivity index (χ3v) is 5.65. The molecule has 0 radical (unpaired) electrons. The van der Waals surface area contributed by atoms with Gasteiger partial charge in [0, 0.05) is 44.0 Å². The molecular weight excluding hydrogens is 398 g/mol. The summed E-state index contributed by atoms with van der Waals surface area (Å²) >= 11 is 1.41. The Morgan fingerprint density at radius 3 is 2.52 bits per heavy atom. The summed E-state index contributed by atoms with van der Waals surface area (Å²) in [7, 11) is 0. The molecule has 11 heteroatoms. The Balaban J connectivity index is 1.39. The van der Waals surface area contributed by atoms with E-state index in [2.05, 4.69) is 10.1 Å². The van der Waals surface area contributed by atoms with Crippen LogP contribution in [0, 0.1) is 10.1 Å². The number of rotatable bonds is 5. The molecule has 0 N–H and O–H groups in total. The topological polar surface area (TPSA) is 115 Å². The number of thiophene rings is 1. The zero-order valence-electron chi connectivity index (χ0n) is 15.3. The maximum atomic E-state index is 12.7. The van der Waals surface area contributed by atoms with Crippen molar-refractivity contribution in [3.63, 3.8) is 0 Å².